The molecule has 0 radical (unpaired) electrons. The zero-order valence-corrected chi connectivity index (χ0v) is 11.1. The Labute approximate surface area is 108 Å². The van der Waals surface area contributed by atoms with Crippen LogP contribution in [0.1, 0.15) is 10.4 Å². The van der Waals surface area contributed by atoms with Crippen molar-refractivity contribution in [2.45, 2.75) is 0 Å². The first-order valence-electron chi connectivity index (χ1n) is 4.31. The lowest BCUT2D eigenvalue weighted by atomic mass is 10.3. The number of aromatic nitrogens is 2. The highest BCUT2D eigenvalue weighted by Crippen LogP contribution is 2.24. The van der Waals surface area contributed by atoms with Crippen molar-refractivity contribution in [3.8, 4) is 5.69 Å². The molecule has 0 aliphatic heterocycles. The quantitative estimate of drug-likeness (QED) is 0.909. The van der Waals surface area contributed by atoms with Gasteiger partial charge in [-0.2, -0.15) is 5.10 Å². The molecule has 2 rings (SSSR count). The van der Waals surface area contributed by atoms with Gasteiger partial charge in [-0.15, -0.1) is 0 Å². The zero-order chi connectivity index (χ0) is 11.7. The summed E-state index contributed by atoms with van der Waals surface area (Å²) in [7, 11) is 0. The maximum absolute atomic E-state index is 10.7. The summed E-state index contributed by atoms with van der Waals surface area (Å²) in [5.74, 6) is -0.987. The van der Waals surface area contributed by atoms with E-state index in [1.54, 1.807) is 0 Å². The van der Waals surface area contributed by atoms with Crippen molar-refractivity contribution in [3.05, 3.63) is 45.1 Å². The van der Waals surface area contributed by atoms with Gasteiger partial charge in [0, 0.05) is 15.1 Å². The minimum atomic E-state index is -0.987. The summed E-state index contributed by atoms with van der Waals surface area (Å²) in [6.45, 7) is 0. The van der Waals surface area contributed by atoms with Crippen LogP contribution in [0.4, 0.5) is 0 Å². The fourth-order valence-electron chi connectivity index (χ4n) is 1.23. The van der Waals surface area contributed by atoms with Crippen molar-refractivity contribution in [2.75, 3.05) is 0 Å². The Balaban J connectivity index is 2.46. The summed E-state index contributed by atoms with van der Waals surface area (Å²) < 4.78 is 3.29. The molecule has 0 aliphatic rings. The van der Waals surface area contributed by atoms with Gasteiger partial charge in [0.2, 0.25) is 0 Å². The molecule has 6 heteroatoms. The van der Waals surface area contributed by atoms with Crippen LogP contribution >= 0.6 is 31.9 Å². The van der Waals surface area contributed by atoms with E-state index >= 15 is 0 Å². The highest BCUT2D eigenvalue weighted by atomic mass is 79.9. The lowest BCUT2D eigenvalue weighted by Gasteiger charge is -2.04. The molecule has 0 saturated carbocycles. The zero-order valence-electron chi connectivity index (χ0n) is 7.89. The van der Waals surface area contributed by atoms with Crippen molar-refractivity contribution in [2.24, 2.45) is 0 Å². The molecule has 1 aromatic heterocycles. The van der Waals surface area contributed by atoms with Gasteiger partial charge in [-0.1, -0.05) is 15.9 Å². The largest absolute Gasteiger partial charge is 0.478 e. The lowest BCUT2D eigenvalue weighted by molar-refractivity contribution is 0.0697. The molecule has 82 valence electrons. The molecular weight excluding hydrogens is 340 g/mol. The molecule has 0 unspecified atom stereocenters. The normalized spacial score (nSPS) is 10.4. The molecular formula is C10H6Br2N2O2. The van der Waals surface area contributed by atoms with E-state index in [2.05, 4.69) is 37.0 Å². The van der Waals surface area contributed by atoms with Crippen LogP contribution in [-0.2, 0) is 0 Å². The number of carboxylic acids is 1. The van der Waals surface area contributed by atoms with Crippen molar-refractivity contribution in [1.82, 2.24) is 9.78 Å². The molecule has 2 aromatic rings. The van der Waals surface area contributed by atoms with Gasteiger partial charge in [0.15, 0.2) is 0 Å². The van der Waals surface area contributed by atoms with Gasteiger partial charge in [-0.25, -0.2) is 9.48 Å². The highest BCUT2D eigenvalue weighted by molar-refractivity contribution is 9.11. The third-order valence-electron chi connectivity index (χ3n) is 1.99. The van der Waals surface area contributed by atoms with Crippen LogP contribution in [0, 0.1) is 0 Å². The van der Waals surface area contributed by atoms with E-state index in [1.807, 2.05) is 18.2 Å². The summed E-state index contributed by atoms with van der Waals surface area (Å²) >= 11 is 6.74. The molecule has 0 aliphatic carbocycles. The molecule has 0 amide bonds. The third-order valence-corrected chi connectivity index (χ3v) is 3.11. The minimum Gasteiger partial charge on any atom is -0.478 e. The second kappa shape index (κ2) is 4.39. The van der Waals surface area contributed by atoms with E-state index in [4.69, 9.17) is 5.11 Å². The number of benzene rings is 1. The van der Waals surface area contributed by atoms with E-state index in [0.29, 0.717) is 0 Å². The SMILES string of the molecule is O=C(O)c1cnn(-c2ccc(Br)cc2Br)c1. The molecule has 1 aromatic carbocycles. The molecule has 0 atom stereocenters. The lowest BCUT2D eigenvalue weighted by Crippen LogP contribution is -1.96. The molecule has 0 spiro atoms. The Kier molecular flexibility index (Phi) is 3.11. The van der Waals surface area contributed by atoms with Crippen LogP contribution in [0.5, 0.6) is 0 Å². The maximum atomic E-state index is 10.7. The molecule has 1 N–H and O–H groups in total. The van der Waals surface area contributed by atoms with Gasteiger partial charge < -0.3 is 5.11 Å². The van der Waals surface area contributed by atoms with Crippen LogP contribution in [-0.4, -0.2) is 20.9 Å². The smallest absolute Gasteiger partial charge is 0.338 e. The average molecular weight is 346 g/mol. The Hall–Kier alpha value is -1.14. The first kappa shape index (κ1) is 11.3. The summed E-state index contributed by atoms with van der Waals surface area (Å²) in [6, 6.07) is 5.58. The monoisotopic (exact) mass is 344 g/mol. The van der Waals surface area contributed by atoms with Gasteiger partial charge in [0.25, 0.3) is 0 Å². The number of hydrogen-bond donors (Lipinski definition) is 1. The van der Waals surface area contributed by atoms with Gasteiger partial charge in [0.1, 0.15) is 0 Å². The number of carboxylic acid groups (broad SMARTS) is 1. The second-order valence-electron chi connectivity index (χ2n) is 3.07. The predicted octanol–water partition coefficient (Wildman–Crippen LogP) is 3.10. The molecule has 0 saturated heterocycles. The fourth-order valence-corrected chi connectivity index (χ4v) is 2.46. The number of aromatic carboxylic acids is 1. The maximum Gasteiger partial charge on any atom is 0.338 e. The van der Waals surface area contributed by atoms with Crippen molar-refractivity contribution < 1.29 is 9.90 Å². The average Bonchev–Trinajstić information content (AvgIpc) is 2.66. The van der Waals surface area contributed by atoms with Gasteiger partial charge >= 0.3 is 5.97 Å². The molecule has 4 nitrogen and oxygen atoms in total. The van der Waals surface area contributed by atoms with E-state index in [0.717, 1.165) is 14.6 Å². The summed E-state index contributed by atoms with van der Waals surface area (Å²) in [5, 5.41) is 12.8. The van der Waals surface area contributed by atoms with Gasteiger partial charge in [0.05, 0.1) is 17.4 Å². The Morgan fingerprint density at radius 1 is 1.38 bits per heavy atom. The van der Waals surface area contributed by atoms with Crippen LogP contribution < -0.4 is 0 Å². The van der Waals surface area contributed by atoms with Crippen LogP contribution in [0.3, 0.4) is 0 Å². The Bertz CT molecular complexity index is 552. The third kappa shape index (κ3) is 2.17. The van der Waals surface area contributed by atoms with E-state index in [1.165, 1.54) is 17.1 Å². The van der Waals surface area contributed by atoms with E-state index in [9.17, 15) is 4.79 Å². The predicted molar refractivity (Wildman–Crippen MR) is 65.9 cm³/mol. The van der Waals surface area contributed by atoms with E-state index < -0.39 is 5.97 Å². The summed E-state index contributed by atoms with van der Waals surface area (Å²) in [6.07, 6.45) is 2.78. The van der Waals surface area contributed by atoms with Gasteiger partial charge in [-0.05, 0) is 34.1 Å². The first-order valence-corrected chi connectivity index (χ1v) is 5.90. The van der Waals surface area contributed by atoms with Crippen molar-refractivity contribution in [3.63, 3.8) is 0 Å². The molecule has 0 bridgehead atoms. The van der Waals surface area contributed by atoms with E-state index in [-0.39, 0.29) is 5.56 Å². The number of hydrogen-bond acceptors (Lipinski definition) is 2. The first-order chi connectivity index (χ1) is 7.58. The molecule has 1 heterocycles. The van der Waals surface area contributed by atoms with Crippen LogP contribution in [0.25, 0.3) is 5.69 Å². The fraction of sp³-hybridized carbons (Fsp3) is 0. The highest BCUT2D eigenvalue weighted by Gasteiger charge is 2.09. The Morgan fingerprint density at radius 3 is 2.69 bits per heavy atom. The van der Waals surface area contributed by atoms with Crippen molar-refractivity contribution in [1.29, 1.82) is 0 Å². The number of rotatable bonds is 2. The molecule has 0 fully saturated rings. The standard InChI is InChI=1S/C10H6Br2N2O2/c11-7-1-2-9(8(12)3-7)14-5-6(4-13-14)10(15)16/h1-5H,(H,15,16). The van der Waals surface area contributed by atoms with Crippen molar-refractivity contribution >= 4 is 37.8 Å². The number of halogens is 2. The molecule has 16 heavy (non-hydrogen) atoms. The minimum absolute atomic E-state index is 0.162. The topological polar surface area (TPSA) is 55.1 Å². The second-order valence-corrected chi connectivity index (χ2v) is 4.84. The number of carbonyl (C=O) groups is 1. The van der Waals surface area contributed by atoms with Crippen LogP contribution in [0.15, 0.2) is 39.5 Å². The Morgan fingerprint density at radius 2 is 2.12 bits per heavy atom. The summed E-state index contributed by atoms with van der Waals surface area (Å²) in [4.78, 5) is 10.7. The summed E-state index contributed by atoms with van der Waals surface area (Å²) in [5.41, 5.74) is 0.950. The van der Waals surface area contributed by atoms with Crippen LogP contribution in [0.2, 0.25) is 0 Å². The number of nitrogens with zero attached hydrogens (tertiary/aromatic N) is 2. The van der Waals surface area contributed by atoms with Gasteiger partial charge in [-0.3, -0.25) is 0 Å².